The van der Waals surface area contributed by atoms with E-state index < -0.39 is 0 Å². The van der Waals surface area contributed by atoms with Gasteiger partial charge in [-0.2, -0.15) is 0 Å². The molecule has 0 aliphatic heterocycles. The van der Waals surface area contributed by atoms with Crippen molar-refractivity contribution in [2.45, 2.75) is 11.4 Å². The number of hydrogen-bond donors (Lipinski definition) is 0. The summed E-state index contributed by atoms with van der Waals surface area (Å²) in [6.45, 7) is 0.333. The van der Waals surface area contributed by atoms with Gasteiger partial charge in [-0.3, -0.25) is 14.7 Å². The molecule has 0 unspecified atom stereocenters. The van der Waals surface area contributed by atoms with Gasteiger partial charge in [0.15, 0.2) is 5.13 Å². The normalized spacial score (nSPS) is 10.8. The van der Waals surface area contributed by atoms with Crippen LogP contribution in [-0.4, -0.2) is 35.8 Å². The van der Waals surface area contributed by atoms with E-state index in [1.165, 1.54) is 23.1 Å². The Kier molecular flexibility index (Phi) is 6.69. The number of carbonyl (C=O) groups excluding carboxylic acids is 1. The fourth-order valence-corrected chi connectivity index (χ4v) is 4.93. The Hall–Kier alpha value is -3.10. The van der Waals surface area contributed by atoms with E-state index in [1.54, 1.807) is 25.3 Å². The lowest BCUT2D eigenvalue weighted by Gasteiger charge is -2.19. The molecule has 0 radical (unpaired) electrons. The minimum absolute atomic E-state index is 0.0449. The van der Waals surface area contributed by atoms with Gasteiger partial charge in [-0.25, -0.2) is 4.98 Å². The van der Waals surface area contributed by atoms with Crippen LogP contribution < -0.4 is 14.4 Å². The molecule has 0 aliphatic rings. The quantitative estimate of drug-likeness (QED) is 0.350. The number of methoxy groups -OCH3 is 2. The lowest BCUT2D eigenvalue weighted by Crippen LogP contribution is -2.32. The lowest BCUT2D eigenvalue weighted by molar-refractivity contribution is -0.116. The number of fused-ring (bicyclic) bond motifs is 1. The van der Waals surface area contributed by atoms with Crippen molar-refractivity contribution in [1.29, 1.82) is 0 Å². The highest BCUT2D eigenvalue weighted by atomic mass is 32.2. The summed E-state index contributed by atoms with van der Waals surface area (Å²) in [5, 5.41) is 0.585. The number of pyridine rings is 1. The molecule has 0 saturated heterocycles. The third-order valence-corrected chi connectivity index (χ3v) is 6.67. The first-order chi connectivity index (χ1) is 15.2. The zero-order valence-electron chi connectivity index (χ0n) is 17.1. The monoisotopic (exact) mass is 451 g/mol. The van der Waals surface area contributed by atoms with Crippen LogP contribution in [0.4, 0.5) is 5.13 Å². The van der Waals surface area contributed by atoms with Gasteiger partial charge in [0.25, 0.3) is 0 Å². The largest absolute Gasteiger partial charge is 0.495 e. The highest BCUT2D eigenvalue weighted by Gasteiger charge is 2.23. The molecule has 2 heterocycles. The van der Waals surface area contributed by atoms with Crippen molar-refractivity contribution < 1.29 is 14.3 Å². The van der Waals surface area contributed by atoms with Gasteiger partial charge in [0.1, 0.15) is 21.7 Å². The average molecular weight is 452 g/mol. The van der Waals surface area contributed by atoms with Crippen LogP contribution in [0.3, 0.4) is 0 Å². The van der Waals surface area contributed by atoms with Gasteiger partial charge < -0.3 is 9.47 Å². The first-order valence-corrected chi connectivity index (χ1v) is 11.4. The summed E-state index contributed by atoms with van der Waals surface area (Å²) in [4.78, 5) is 25.2. The van der Waals surface area contributed by atoms with E-state index in [1.807, 2.05) is 60.7 Å². The Morgan fingerprint density at radius 3 is 2.45 bits per heavy atom. The van der Waals surface area contributed by atoms with Crippen LogP contribution in [-0.2, 0) is 11.3 Å². The maximum absolute atomic E-state index is 13.3. The Balaban J connectivity index is 1.69. The average Bonchev–Trinajstić information content (AvgIpc) is 3.27. The van der Waals surface area contributed by atoms with Crippen molar-refractivity contribution in [3.63, 3.8) is 0 Å². The van der Waals surface area contributed by atoms with E-state index in [0.717, 1.165) is 15.3 Å². The molecule has 0 spiro atoms. The Bertz CT molecular complexity index is 1130. The minimum atomic E-state index is -0.0449. The molecule has 0 atom stereocenters. The predicted molar refractivity (Wildman–Crippen MR) is 125 cm³/mol. The summed E-state index contributed by atoms with van der Waals surface area (Å²) >= 11 is 2.91. The van der Waals surface area contributed by atoms with Crippen molar-refractivity contribution in [1.82, 2.24) is 9.97 Å². The van der Waals surface area contributed by atoms with E-state index in [-0.39, 0.29) is 5.91 Å². The third-order valence-electron chi connectivity index (χ3n) is 4.58. The molecule has 0 aliphatic carbocycles. The van der Waals surface area contributed by atoms with Crippen molar-refractivity contribution in [2.75, 3.05) is 24.9 Å². The van der Waals surface area contributed by atoms with Gasteiger partial charge in [-0.1, -0.05) is 35.6 Å². The molecule has 0 fully saturated rings. The molecule has 4 aromatic rings. The van der Waals surface area contributed by atoms with Gasteiger partial charge in [0, 0.05) is 11.1 Å². The molecule has 2 aromatic carbocycles. The predicted octanol–water partition coefficient (Wildman–Crippen LogP) is 5.03. The molecule has 158 valence electrons. The molecule has 0 saturated carbocycles. The Labute approximate surface area is 188 Å². The molecule has 2 aromatic heterocycles. The summed E-state index contributed by atoms with van der Waals surface area (Å²) in [7, 11) is 3.22. The highest BCUT2D eigenvalue weighted by Crippen LogP contribution is 2.40. The minimum Gasteiger partial charge on any atom is -0.495 e. The smallest absolute Gasteiger partial charge is 0.239 e. The number of carbonyl (C=O) groups is 1. The van der Waals surface area contributed by atoms with Gasteiger partial charge in [0.05, 0.1) is 32.2 Å². The van der Waals surface area contributed by atoms with Gasteiger partial charge in [-0.05, 0) is 36.4 Å². The number of thioether (sulfide) groups is 1. The standard InChI is InChI=1S/C23H21N3O3S2/c1-28-18-11-12-19(29-2)22-21(18)25-23(31-22)26(14-16-8-6-7-13-24-16)20(27)15-30-17-9-4-3-5-10-17/h3-13H,14-15H2,1-2H3. The van der Waals surface area contributed by atoms with Crippen LogP contribution in [0, 0.1) is 0 Å². The molecule has 0 N–H and O–H groups in total. The number of rotatable bonds is 8. The van der Waals surface area contributed by atoms with Crippen LogP contribution in [0.25, 0.3) is 10.2 Å². The van der Waals surface area contributed by atoms with E-state index in [4.69, 9.17) is 14.5 Å². The number of ether oxygens (including phenoxy) is 2. The first kappa shape index (κ1) is 21.1. The van der Waals surface area contributed by atoms with E-state index >= 15 is 0 Å². The molecule has 4 rings (SSSR count). The Morgan fingerprint density at radius 2 is 1.74 bits per heavy atom. The summed E-state index contributed by atoms with van der Waals surface area (Å²) < 4.78 is 11.8. The fourth-order valence-electron chi connectivity index (χ4n) is 3.05. The fraction of sp³-hybridized carbons (Fsp3) is 0.174. The molecular formula is C23H21N3O3S2. The number of amides is 1. The highest BCUT2D eigenvalue weighted by molar-refractivity contribution is 8.00. The van der Waals surface area contributed by atoms with E-state index in [9.17, 15) is 4.79 Å². The molecule has 0 bridgehead atoms. The summed E-state index contributed by atoms with van der Waals surface area (Å²) in [5.41, 5.74) is 1.47. The SMILES string of the molecule is COc1ccc(OC)c2sc(N(Cc3ccccn3)C(=O)CSc3ccccc3)nc12. The van der Waals surface area contributed by atoms with Crippen molar-refractivity contribution in [3.05, 3.63) is 72.6 Å². The summed E-state index contributed by atoms with van der Waals surface area (Å²) in [6.07, 6.45) is 1.72. The van der Waals surface area contributed by atoms with Crippen molar-refractivity contribution >= 4 is 44.4 Å². The van der Waals surface area contributed by atoms with Crippen LogP contribution in [0.2, 0.25) is 0 Å². The second-order valence-electron chi connectivity index (χ2n) is 6.55. The maximum Gasteiger partial charge on any atom is 0.239 e. The van der Waals surface area contributed by atoms with Crippen LogP contribution in [0.15, 0.2) is 71.8 Å². The molecule has 8 heteroatoms. The third kappa shape index (κ3) is 4.81. The molecule has 31 heavy (non-hydrogen) atoms. The summed E-state index contributed by atoms with van der Waals surface area (Å²) in [6, 6.07) is 19.2. The number of aromatic nitrogens is 2. The molecular weight excluding hydrogens is 430 g/mol. The zero-order chi connectivity index (χ0) is 21.6. The second kappa shape index (κ2) is 9.80. The topological polar surface area (TPSA) is 64.6 Å². The molecule has 1 amide bonds. The Morgan fingerprint density at radius 1 is 1.00 bits per heavy atom. The number of hydrogen-bond acceptors (Lipinski definition) is 7. The van der Waals surface area contributed by atoms with Gasteiger partial charge >= 0.3 is 0 Å². The summed E-state index contributed by atoms with van der Waals surface area (Å²) in [5.74, 6) is 1.59. The second-order valence-corrected chi connectivity index (χ2v) is 8.57. The van der Waals surface area contributed by atoms with Gasteiger partial charge in [0.2, 0.25) is 5.91 Å². The van der Waals surface area contributed by atoms with Crippen molar-refractivity contribution in [3.8, 4) is 11.5 Å². The zero-order valence-corrected chi connectivity index (χ0v) is 18.8. The lowest BCUT2D eigenvalue weighted by atomic mass is 10.3. The molecule has 6 nitrogen and oxygen atoms in total. The van der Waals surface area contributed by atoms with Crippen molar-refractivity contribution in [2.24, 2.45) is 0 Å². The maximum atomic E-state index is 13.3. The van der Waals surface area contributed by atoms with Gasteiger partial charge in [-0.15, -0.1) is 11.8 Å². The van der Waals surface area contributed by atoms with Crippen LogP contribution in [0.5, 0.6) is 11.5 Å². The first-order valence-electron chi connectivity index (χ1n) is 9.59. The number of thiazole rings is 1. The number of nitrogens with zero attached hydrogens (tertiary/aromatic N) is 3. The van der Waals surface area contributed by atoms with Crippen LogP contribution in [0.1, 0.15) is 5.69 Å². The number of anilines is 1. The van der Waals surface area contributed by atoms with E-state index in [2.05, 4.69) is 4.98 Å². The van der Waals surface area contributed by atoms with Crippen LogP contribution >= 0.6 is 23.1 Å². The van der Waals surface area contributed by atoms with E-state index in [0.29, 0.717) is 34.4 Å². The number of benzene rings is 2.